The van der Waals surface area contributed by atoms with Crippen molar-refractivity contribution in [2.45, 2.75) is 13.0 Å². The summed E-state index contributed by atoms with van der Waals surface area (Å²) in [7, 11) is 0. The lowest BCUT2D eigenvalue weighted by atomic mass is 10.2. The Labute approximate surface area is 135 Å². The minimum atomic E-state index is -0.195. The molecule has 0 fully saturated rings. The highest BCUT2D eigenvalue weighted by molar-refractivity contribution is 9.11. The molecule has 0 aliphatic heterocycles. The van der Waals surface area contributed by atoms with Gasteiger partial charge in [-0.05, 0) is 63.0 Å². The Bertz CT molecular complexity index is 820. The Morgan fingerprint density at radius 3 is 2.55 bits per heavy atom. The highest BCUT2D eigenvalue weighted by atomic mass is 79.9. The summed E-state index contributed by atoms with van der Waals surface area (Å²) in [5.74, 6) is 0. The van der Waals surface area contributed by atoms with Crippen LogP contribution in [-0.4, -0.2) is 9.97 Å². The number of benzene rings is 1. The molecule has 2 aromatic heterocycles. The fraction of sp³-hybridized carbons (Fsp3) is 0.154. The molecule has 0 saturated heterocycles. The number of imidazole rings is 1. The van der Waals surface area contributed by atoms with Crippen LogP contribution in [-0.2, 0) is 0 Å². The van der Waals surface area contributed by atoms with Crippen LogP contribution in [0.1, 0.15) is 17.8 Å². The quantitative estimate of drug-likeness (QED) is 0.583. The maximum atomic E-state index is 11.3. The zero-order valence-electron chi connectivity index (χ0n) is 10.5. The second-order valence-electron chi connectivity index (χ2n) is 4.46. The molecule has 0 spiro atoms. The predicted molar refractivity (Wildman–Crippen MR) is 90.7 cm³/mol. The van der Waals surface area contributed by atoms with E-state index in [1.165, 1.54) is 4.88 Å². The van der Waals surface area contributed by atoms with Crippen molar-refractivity contribution in [3.63, 3.8) is 0 Å². The van der Waals surface area contributed by atoms with Gasteiger partial charge in [-0.15, -0.1) is 11.3 Å². The highest BCUT2D eigenvalue weighted by Crippen LogP contribution is 2.32. The standard InChI is InChI=1S/C13H11Br2N3OS/c1-6(11-2-3-12(15)20-11)16-8-5-10-9(4-7(8)14)17-13(19)18-10/h2-6,16H,1H3,(H2,17,18,19). The van der Waals surface area contributed by atoms with Crippen LogP contribution in [0.15, 0.2) is 37.3 Å². The van der Waals surface area contributed by atoms with Gasteiger partial charge in [0.05, 0.1) is 26.5 Å². The second-order valence-corrected chi connectivity index (χ2v) is 7.81. The van der Waals surface area contributed by atoms with E-state index >= 15 is 0 Å². The molecule has 1 unspecified atom stereocenters. The molecule has 20 heavy (non-hydrogen) atoms. The molecule has 104 valence electrons. The number of fused-ring (bicyclic) bond motifs is 1. The van der Waals surface area contributed by atoms with E-state index < -0.39 is 0 Å². The Balaban J connectivity index is 1.93. The molecule has 2 heterocycles. The Hall–Kier alpha value is -1.05. The molecule has 3 N–H and O–H groups in total. The van der Waals surface area contributed by atoms with E-state index in [1.807, 2.05) is 18.2 Å². The van der Waals surface area contributed by atoms with E-state index in [-0.39, 0.29) is 11.7 Å². The summed E-state index contributed by atoms with van der Waals surface area (Å²) in [5, 5.41) is 3.45. The average Bonchev–Trinajstić information content (AvgIpc) is 2.95. The Morgan fingerprint density at radius 1 is 1.20 bits per heavy atom. The molecule has 3 aromatic rings. The molecule has 1 aromatic carbocycles. The zero-order chi connectivity index (χ0) is 14.3. The van der Waals surface area contributed by atoms with Gasteiger partial charge in [0, 0.05) is 9.35 Å². The molecular weight excluding hydrogens is 406 g/mol. The zero-order valence-corrected chi connectivity index (χ0v) is 14.4. The fourth-order valence-corrected chi connectivity index (χ4v) is 3.92. The number of halogens is 2. The Morgan fingerprint density at radius 2 is 1.90 bits per heavy atom. The molecule has 1 atom stereocenters. The van der Waals surface area contributed by atoms with E-state index in [1.54, 1.807) is 11.3 Å². The largest absolute Gasteiger partial charge is 0.377 e. The van der Waals surface area contributed by atoms with Gasteiger partial charge >= 0.3 is 5.69 Å². The van der Waals surface area contributed by atoms with Crippen LogP contribution in [0.25, 0.3) is 11.0 Å². The SMILES string of the molecule is CC(Nc1cc2[nH]c(=O)[nH]c2cc1Br)c1ccc(Br)s1. The lowest BCUT2D eigenvalue weighted by molar-refractivity contribution is 0.907. The van der Waals surface area contributed by atoms with Gasteiger partial charge in [0.2, 0.25) is 0 Å². The first-order valence-electron chi connectivity index (χ1n) is 5.96. The van der Waals surface area contributed by atoms with E-state index in [0.29, 0.717) is 0 Å². The smallest absolute Gasteiger partial charge is 0.323 e. The maximum absolute atomic E-state index is 11.3. The van der Waals surface area contributed by atoms with Crippen molar-refractivity contribution in [3.8, 4) is 0 Å². The minimum Gasteiger partial charge on any atom is -0.377 e. The van der Waals surface area contributed by atoms with Crippen LogP contribution in [0.2, 0.25) is 0 Å². The molecule has 0 bridgehead atoms. The monoisotopic (exact) mass is 415 g/mol. The first-order valence-corrected chi connectivity index (χ1v) is 8.36. The molecule has 7 heteroatoms. The van der Waals surface area contributed by atoms with Gasteiger partial charge in [0.1, 0.15) is 0 Å². The second kappa shape index (κ2) is 5.38. The van der Waals surface area contributed by atoms with Crippen LogP contribution in [0.4, 0.5) is 5.69 Å². The molecule has 4 nitrogen and oxygen atoms in total. The van der Waals surface area contributed by atoms with Crippen LogP contribution in [0.5, 0.6) is 0 Å². The summed E-state index contributed by atoms with van der Waals surface area (Å²) in [6, 6.07) is 8.14. The number of thiophene rings is 1. The summed E-state index contributed by atoms with van der Waals surface area (Å²) < 4.78 is 2.04. The first-order chi connectivity index (χ1) is 9.52. The topological polar surface area (TPSA) is 60.7 Å². The third-order valence-corrected chi connectivity index (χ3v) is 5.46. The fourth-order valence-electron chi connectivity index (χ4n) is 2.03. The van der Waals surface area contributed by atoms with Crippen molar-refractivity contribution in [2.75, 3.05) is 5.32 Å². The third-order valence-electron chi connectivity index (χ3n) is 3.00. The van der Waals surface area contributed by atoms with Gasteiger partial charge in [0.25, 0.3) is 0 Å². The maximum Gasteiger partial charge on any atom is 0.323 e. The minimum absolute atomic E-state index is 0.186. The summed E-state index contributed by atoms with van der Waals surface area (Å²) >= 11 is 8.71. The average molecular weight is 417 g/mol. The van der Waals surface area contributed by atoms with E-state index in [2.05, 4.69) is 60.1 Å². The van der Waals surface area contributed by atoms with Crippen molar-refractivity contribution in [3.05, 3.63) is 47.9 Å². The van der Waals surface area contributed by atoms with Crippen molar-refractivity contribution in [2.24, 2.45) is 0 Å². The molecular formula is C13H11Br2N3OS. The van der Waals surface area contributed by atoms with Gasteiger partial charge < -0.3 is 15.3 Å². The molecule has 0 aliphatic rings. The first kappa shape index (κ1) is 13.9. The number of aromatic nitrogens is 2. The van der Waals surface area contributed by atoms with E-state index in [4.69, 9.17) is 0 Å². The lowest BCUT2D eigenvalue weighted by Gasteiger charge is -2.15. The van der Waals surface area contributed by atoms with Crippen molar-refractivity contribution in [1.82, 2.24) is 9.97 Å². The van der Waals surface area contributed by atoms with Gasteiger partial charge in [-0.2, -0.15) is 0 Å². The van der Waals surface area contributed by atoms with Crippen molar-refractivity contribution in [1.29, 1.82) is 0 Å². The van der Waals surface area contributed by atoms with E-state index in [9.17, 15) is 4.79 Å². The number of anilines is 1. The van der Waals surface area contributed by atoms with Gasteiger partial charge in [-0.3, -0.25) is 0 Å². The van der Waals surface area contributed by atoms with Crippen molar-refractivity contribution >= 4 is 59.9 Å². The van der Waals surface area contributed by atoms with Gasteiger partial charge in [-0.25, -0.2) is 4.79 Å². The highest BCUT2D eigenvalue weighted by Gasteiger charge is 2.11. The van der Waals surface area contributed by atoms with Crippen molar-refractivity contribution < 1.29 is 0 Å². The van der Waals surface area contributed by atoms with Crippen LogP contribution >= 0.6 is 43.2 Å². The molecule has 0 radical (unpaired) electrons. The number of rotatable bonds is 3. The summed E-state index contributed by atoms with van der Waals surface area (Å²) in [6.45, 7) is 2.11. The number of nitrogens with one attached hydrogen (secondary N) is 3. The van der Waals surface area contributed by atoms with Crippen LogP contribution < -0.4 is 11.0 Å². The van der Waals surface area contributed by atoms with Gasteiger partial charge in [0.15, 0.2) is 0 Å². The molecule has 0 amide bonds. The van der Waals surface area contributed by atoms with Gasteiger partial charge in [-0.1, -0.05) is 0 Å². The molecule has 0 saturated carbocycles. The Kier molecular flexibility index (Phi) is 3.74. The number of aromatic amines is 2. The molecule has 3 rings (SSSR count). The number of hydrogen-bond acceptors (Lipinski definition) is 3. The lowest BCUT2D eigenvalue weighted by Crippen LogP contribution is -2.05. The molecule has 0 aliphatic carbocycles. The summed E-state index contributed by atoms with van der Waals surface area (Å²) in [5.41, 5.74) is 2.34. The van der Waals surface area contributed by atoms with Crippen LogP contribution in [0, 0.1) is 0 Å². The predicted octanol–water partition coefficient (Wildman–Crippen LogP) is 4.62. The summed E-state index contributed by atoms with van der Waals surface area (Å²) in [4.78, 5) is 18.1. The normalized spacial score (nSPS) is 12.8. The number of hydrogen-bond donors (Lipinski definition) is 3. The van der Waals surface area contributed by atoms with E-state index in [0.717, 1.165) is 25.0 Å². The summed E-state index contributed by atoms with van der Waals surface area (Å²) in [6.07, 6.45) is 0. The van der Waals surface area contributed by atoms with Crippen LogP contribution in [0.3, 0.4) is 0 Å². The third kappa shape index (κ3) is 2.70. The number of H-pyrrole nitrogens is 2.